The second-order valence-electron chi connectivity index (χ2n) is 6.34. The maximum Gasteiger partial charge on any atom is 0.187 e. The molecule has 3 aromatic heterocycles. The van der Waals surface area contributed by atoms with Crippen LogP contribution in [0.1, 0.15) is 0 Å². The molecule has 0 atom stereocenters. The fourth-order valence-electron chi connectivity index (χ4n) is 3.30. The first kappa shape index (κ1) is 17.8. The Kier molecular flexibility index (Phi) is 4.30. The van der Waals surface area contributed by atoms with Crippen LogP contribution in [0.4, 0.5) is 4.39 Å². The van der Waals surface area contributed by atoms with Crippen molar-refractivity contribution in [2.45, 2.75) is 0 Å². The van der Waals surface area contributed by atoms with Crippen LogP contribution in [0.3, 0.4) is 0 Å². The number of rotatable bonds is 3. The minimum atomic E-state index is -0.385. The molecule has 5 rings (SSSR count). The van der Waals surface area contributed by atoms with Crippen molar-refractivity contribution in [2.75, 3.05) is 0 Å². The van der Waals surface area contributed by atoms with Crippen molar-refractivity contribution in [3.8, 4) is 28.5 Å². The highest BCUT2D eigenvalue weighted by atomic mass is 35.5. The smallest absolute Gasteiger partial charge is 0.187 e. The van der Waals surface area contributed by atoms with Crippen molar-refractivity contribution in [3.05, 3.63) is 89.1 Å². The summed E-state index contributed by atoms with van der Waals surface area (Å²) in [6.07, 6.45) is 3.33. The van der Waals surface area contributed by atoms with Gasteiger partial charge in [-0.1, -0.05) is 41.4 Å². The Bertz CT molecular complexity index is 1360. The summed E-state index contributed by atoms with van der Waals surface area (Å²) in [6, 6.07) is 17.3. The standard InChI is InChI=1S/C21H12Cl2FN5/c22-13-8-9-15(23)14(11-13)19-20(28-10-4-3-7-18(28)26-19)21-27-25-12-29(21)17-6-2-1-5-16(17)24/h1-12H. The highest BCUT2D eigenvalue weighted by Crippen LogP contribution is 2.37. The van der Waals surface area contributed by atoms with Crippen LogP contribution >= 0.6 is 23.2 Å². The lowest BCUT2D eigenvalue weighted by atomic mass is 10.1. The number of nitrogens with zero attached hydrogens (tertiary/aromatic N) is 5. The number of fused-ring (bicyclic) bond motifs is 1. The minimum Gasteiger partial charge on any atom is -0.296 e. The summed E-state index contributed by atoms with van der Waals surface area (Å²) in [7, 11) is 0. The lowest BCUT2D eigenvalue weighted by Crippen LogP contribution is -2.02. The molecule has 8 heteroatoms. The molecule has 29 heavy (non-hydrogen) atoms. The zero-order chi connectivity index (χ0) is 20.0. The van der Waals surface area contributed by atoms with Crippen LogP contribution in [0.25, 0.3) is 34.1 Å². The van der Waals surface area contributed by atoms with Crippen LogP contribution in [-0.4, -0.2) is 24.1 Å². The topological polar surface area (TPSA) is 48.0 Å². The zero-order valence-corrected chi connectivity index (χ0v) is 16.3. The number of para-hydroxylation sites is 1. The van der Waals surface area contributed by atoms with Crippen LogP contribution in [0.5, 0.6) is 0 Å². The summed E-state index contributed by atoms with van der Waals surface area (Å²) in [6.45, 7) is 0. The van der Waals surface area contributed by atoms with Gasteiger partial charge in [0.2, 0.25) is 0 Å². The number of hydrogen-bond donors (Lipinski definition) is 0. The van der Waals surface area contributed by atoms with Gasteiger partial charge in [-0.2, -0.15) is 0 Å². The second-order valence-corrected chi connectivity index (χ2v) is 7.18. The van der Waals surface area contributed by atoms with E-state index in [4.69, 9.17) is 28.2 Å². The van der Waals surface area contributed by atoms with Gasteiger partial charge in [-0.05, 0) is 42.5 Å². The van der Waals surface area contributed by atoms with Gasteiger partial charge in [0.1, 0.15) is 29.2 Å². The van der Waals surface area contributed by atoms with Crippen LogP contribution in [0.15, 0.2) is 73.2 Å². The van der Waals surface area contributed by atoms with Gasteiger partial charge < -0.3 is 0 Å². The maximum absolute atomic E-state index is 14.5. The first-order valence-corrected chi connectivity index (χ1v) is 9.47. The van der Waals surface area contributed by atoms with Gasteiger partial charge >= 0.3 is 0 Å². The molecule has 0 spiro atoms. The first-order valence-electron chi connectivity index (χ1n) is 8.71. The normalized spacial score (nSPS) is 11.3. The number of halogens is 3. The number of imidazole rings is 1. The molecule has 0 radical (unpaired) electrons. The molecule has 142 valence electrons. The Morgan fingerprint density at radius 3 is 2.62 bits per heavy atom. The van der Waals surface area contributed by atoms with Gasteiger partial charge in [0.05, 0.1) is 10.7 Å². The fourth-order valence-corrected chi connectivity index (χ4v) is 3.68. The van der Waals surface area contributed by atoms with E-state index in [-0.39, 0.29) is 5.82 Å². The molecule has 5 nitrogen and oxygen atoms in total. The summed E-state index contributed by atoms with van der Waals surface area (Å²) in [5.74, 6) is 0.0459. The third kappa shape index (κ3) is 2.97. The molecule has 0 bridgehead atoms. The van der Waals surface area contributed by atoms with E-state index in [1.807, 2.05) is 28.8 Å². The molecule has 0 saturated heterocycles. The van der Waals surface area contributed by atoms with Gasteiger partial charge in [-0.15, -0.1) is 10.2 Å². The van der Waals surface area contributed by atoms with Crippen molar-refractivity contribution in [1.29, 1.82) is 0 Å². The van der Waals surface area contributed by atoms with E-state index in [1.54, 1.807) is 41.0 Å². The minimum absolute atomic E-state index is 0.335. The van der Waals surface area contributed by atoms with Gasteiger partial charge in [0.15, 0.2) is 5.82 Å². The largest absolute Gasteiger partial charge is 0.296 e. The number of pyridine rings is 1. The number of aromatic nitrogens is 5. The lowest BCUT2D eigenvalue weighted by Gasteiger charge is -2.10. The van der Waals surface area contributed by atoms with Crippen molar-refractivity contribution >= 4 is 28.8 Å². The number of hydrogen-bond acceptors (Lipinski definition) is 3. The van der Waals surface area contributed by atoms with Crippen molar-refractivity contribution in [1.82, 2.24) is 24.1 Å². The van der Waals surface area contributed by atoms with E-state index < -0.39 is 0 Å². The molecule has 0 aliphatic carbocycles. The third-order valence-corrected chi connectivity index (χ3v) is 5.15. The van der Waals surface area contributed by atoms with Crippen molar-refractivity contribution in [3.63, 3.8) is 0 Å². The molecule has 0 amide bonds. The first-order chi connectivity index (χ1) is 14.1. The molecule has 0 unspecified atom stereocenters. The van der Waals surface area contributed by atoms with E-state index in [0.29, 0.717) is 44.2 Å². The molecule has 5 aromatic rings. The zero-order valence-electron chi connectivity index (χ0n) is 14.8. The summed E-state index contributed by atoms with van der Waals surface area (Å²) in [5.41, 5.74) is 2.89. The molecule has 0 N–H and O–H groups in total. The average Bonchev–Trinajstić information content (AvgIpc) is 3.34. The third-order valence-electron chi connectivity index (χ3n) is 4.58. The predicted octanol–water partition coefficient (Wildman–Crippen LogP) is 5.69. The summed E-state index contributed by atoms with van der Waals surface area (Å²) < 4.78 is 18.0. The summed E-state index contributed by atoms with van der Waals surface area (Å²) >= 11 is 12.7. The fraction of sp³-hybridized carbons (Fsp3) is 0. The molecule has 0 saturated carbocycles. The van der Waals surface area contributed by atoms with E-state index in [0.717, 1.165) is 0 Å². The molecule has 0 aliphatic heterocycles. The highest BCUT2D eigenvalue weighted by Gasteiger charge is 2.23. The highest BCUT2D eigenvalue weighted by molar-refractivity contribution is 6.35. The molecular weight excluding hydrogens is 412 g/mol. The molecule has 3 heterocycles. The van der Waals surface area contributed by atoms with Gasteiger partial charge in [-0.25, -0.2) is 9.37 Å². The SMILES string of the molecule is Fc1ccccc1-n1cnnc1-c1c(-c2cc(Cl)ccc2Cl)nc2ccccn12. The van der Waals surface area contributed by atoms with Gasteiger partial charge in [-0.3, -0.25) is 8.97 Å². The van der Waals surface area contributed by atoms with E-state index in [2.05, 4.69) is 10.2 Å². The maximum atomic E-state index is 14.5. The van der Waals surface area contributed by atoms with Crippen LogP contribution < -0.4 is 0 Å². The van der Waals surface area contributed by atoms with E-state index in [9.17, 15) is 4.39 Å². The van der Waals surface area contributed by atoms with Crippen LogP contribution in [0.2, 0.25) is 10.0 Å². The Morgan fingerprint density at radius 1 is 0.931 bits per heavy atom. The second kappa shape index (κ2) is 6.99. The monoisotopic (exact) mass is 423 g/mol. The van der Waals surface area contributed by atoms with Crippen molar-refractivity contribution < 1.29 is 4.39 Å². The van der Waals surface area contributed by atoms with Crippen molar-refractivity contribution in [2.24, 2.45) is 0 Å². The Balaban J connectivity index is 1.85. The summed E-state index contributed by atoms with van der Waals surface area (Å²) in [4.78, 5) is 4.74. The Hall–Kier alpha value is -3.22. The number of benzene rings is 2. The van der Waals surface area contributed by atoms with Gasteiger partial charge in [0.25, 0.3) is 0 Å². The Labute approximate surface area is 175 Å². The Morgan fingerprint density at radius 2 is 1.76 bits per heavy atom. The van der Waals surface area contributed by atoms with Gasteiger partial charge in [0, 0.05) is 16.8 Å². The van der Waals surface area contributed by atoms with E-state index in [1.165, 1.54) is 12.4 Å². The average molecular weight is 424 g/mol. The molecular formula is C21H12Cl2FN5. The lowest BCUT2D eigenvalue weighted by molar-refractivity contribution is 0.618. The van der Waals surface area contributed by atoms with Crippen LogP contribution in [0, 0.1) is 5.82 Å². The quantitative estimate of drug-likeness (QED) is 0.374. The van der Waals surface area contributed by atoms with Crippen LogP contribution in [-0.2, 0) is 0 Å². The summed E-state index contributed by atoms with van der Waals surface area (Å²) in [5, 5.41) is 9.32. The molecule has 0 aliphatic rings. The molecule has 2 aromatic carbocycles. The predicted molar refractivity (Wildman–Crippen MR) is 111 cm³/mol. The molecule has 0 fully saturated rings. The van der Waals surface area contributed by atoms with E-state index >= 15 is 0 Å².